The van der Waals surface area contributed by atoms with Gasteiger partial charge in [-0.2, -0.15) is 0 Å². The van der Waals surface area contributed by atoms with Crippen molar-refractivity contribution < 1.29 is 14.6 Å². The van der Waals surface area contributed by atoms with E-state index in [1.807, 2.05) is 0 Å². The van der Waals surface area contributed by atoms with Crippen LogP contribution in [0.15, 0.2) is 68.0 Å². The van der Waals surface area contributed by atoms with Crippen LogP contribution < -0.4 is 14.9 Å². The average molecular weight is 534 g/mol. The number of fused-ring (bicyclic) bond motifs is 1. The molecule has 0 aliphatic carbocycles. The number of aromatic hydroxyl groups is 1. The summed E-state index contributed by atoms with van der Waals surface area (Å²) in [5, 5.41) is 10.7. The van der Waals surface area contributed by atoms with Gasteiger partial charge in [0.15, 0.2) is 4.80 Å². The van der Waals surface area contributed by atoms with Crippen LogP contribution in [0.2, 0.25) is 5.02 Å². The van der Waals surface area contributed by atoms with Gasteiger partial charge in [0.2, 0.25) is 0 Å². The summed E-state index contributed by atoms with van der Waals surface area (Å²) >= 11 is 10.6. The quantitative estimate of drug-likeness (QED) is 0.516. The molecule has 1 aliphatic rings. The molecule has 164 valence electrons. The number of allylic oxidation sites excluding steroid dienone is 1. The van der Waals surface area contributed by atoms with E-state index in [-0.39, 0.29) is 17.9 Å². The Labute approximate surface area is 200 Å². The number of hydrogen-bond acceptors (Lipinski definition) is 6. The Kier molecular flexibility index (Phi) is 6.37. The van der Waals surface area contributed by atoms with E-state index in [1.165, 1.54) is 15.9 Å². The third-order valence-electron chi connectivity index (χ3n) is 4.98. The Morgan fingerprint density at radius 1 is 1.31 bits per heavy atom. The Morgan fingerprint density at radius 3 is 2.72 bits per heavy atom. The van der Waals surface area contributed by atoms with Gasteiger partial charge in [-0.1, -0.05) is 51.0 Å². The molecule has 0 spiro atoms. The maximum absolute atomic E-state index is 13.5. The Hall–Kier alpha value is -2.68. The molecule has 1 atom stereocenters. The molecule has 0 bridgehead atoms. The van der Waals surface area contributed by atoms with E-state index in [4.69, 9.17) is 16.3 Å². The zero-order valence-corrected chi connectivity index (χ0v) is 20.3. The SMILES string of the molecule is CCOC(=O)C1=C(C)N=c2s/c(=C\c3cc(Br)ccc3O)c(=O)n2[C@@H]1c1ccc(Cl)cc1. The van der Waals surface area contributed by atoms with Gasteiger partial charge in [0.1, 0.15) is 5.75 Å². The normalized spacial score (nSPS) is 16.0. The molecule has 0 amide bonds. The first-order valence-corrected chi connectivity index (χ1v) is 11.7. The molecule has 6 nitrogen and oxygen atoms in total. The lowest BCUT2D eigenvalue weighted by Crippen LogP contribution is -2.39. The second-order valence-corrected chi connectivity index (χ2v) is 9.42. The molecule has 0 radical (unpaired) electrons. The van der Waals surface area contributed by atoms with Gasteiger partial charge in [-0.3, -0.25) is 9.36 Å². The molecule has 4 rings (SSSR count). The first-order valence-electron chi connectivity index (χ1n) is 9.73. The van der Waals surface area contributed by atoms with Gasteiger partial charge in [0, 0.05) is 15.1 Å². The predicted molar refractivity (Wildman–Crippen MR) is 128 cm³/mol. The summed E-state index contributed by atoms with van der Waals surface area (Å²) in [7, 11) is 0. The molecule has 3 aromatic rings. The summed E-state index contributed by atoms with van der Waals surface area (Å²) in [6.07, 6.45) is 1.62. The third kappa shape index (κ3) is 4.18. The third-order valence-corrected chi connectivity index (χ3v) is 6.71. The van der Waals surface area contributed by atoms with E-state index in [0.717, 1.165) is 4.47 Å². The fraction of sp³-hybridized carbons (Fsp3) is 0.174. The van der Waals surface area contributed by atoms with Crippen LogP contribution in [0, 0.1) is 0 Å². The van der Waals surface area contributed by atoms with Crippen molar-refractivity contribution in [3.63, 3.8) is 0 Å². The van der Waals surface area contributed by atoms with Crippen LogP contribution in [0.5, 0.6) is 5.75 Å². The monoisotopic (exact) mass is 532 g/mol. The highest BCUT2D eigenvalue weighted by Gasteiger charge is 2.33. The lowest BCUT2D eigenvalue weighted by molar-refractivity contribution is -0.139. The molecule has 0 unspecified atom stereocenters. The largest absolute Gasteiger partial charge is 0.507 e. The number of esters is 1. The zero-order valence-electron chi connectivity index (χ0n) is 17.1. The van der Waals surface area contributed by atoms with Gasteiger partial charge < -0.3 is 9.84 Å². The van der Waals surface area contributed by atoms with Crippen LogP contribution in [-0.2, 0) is 9.53 Å². The van der Waals surface area contributed by atoms with Gasteiger partial charge in [-0.15, -0.1) is 0 Å². The topological polar surface area (TPSA) is 80.9 Å². The molecule has 2 aromatic carbocycles. The van der Waals surface area contributed by atoms with Crippen molar-refractivity contribution in [2.75, 3.05) is 6.61 Å². The summed E-state index contributed by atoms with van der Waals surface area (Å²) in [4.78, 5) is 31.3. The van der Waals surface area contributed by atoms with Crippen molar-refractivity contribution in [1.29, 1.82) is 0 Å². The number of carbonyl (C=O) groups is 1. The number of aromatic nitrogens is 1. The number of thiazole rings is 1. The first kappa shape index (κ1) is 22.5. The standard InChI is InChI=1S/C23H18BrClN2O4S/c1-3-31-22(30)19-12(2)26-23-27(20(19)13-4-7-16(25)8-5-13)21(29)18(32-23)11-14-10-15(24)6-9-17(14)28/h4-11,20,28H,3H2,1-2H3/b18-11-/t20-/m1/s1. The highest BCUT2D eigenvalue weighted by Crippen LogP contribution is 2.31. The molecule has 1 N–H and O–H groups in total. The van der Waals surface area contributed by atoms with E-state index in [2.05, 4.69) is 20.9 Å². The lowest BCUT2D eigenvalue weighted by atomic mass is 9.96. The van der Waals surface area contributed by atoms with Crippen molar-refractivity contribution >= 4 is 50.9 Å². The Morgan fingerprint density at radius 2 is 2.03 bits per heavy atom. The van der Waals surface area contributed by atoms with Crippen LogP contribution >= 0.6 is 38.9 Å². The molecule has 1 aromatic heterocycles. The smallest absolute Gasteiger partial charge is 0.338 e. The van der Waals surface area contributed by atoms with Gasteiger partial charge in [0.05, 0.1) is 28.5 Å². The molecular weight excluding hydrogens is 516 g/mol. The number of benzene rings is 2. The summed E-state index contributed by atoms with van der Waals surface area (Å²) < 4.78 is 7.92. The minimum atomic E-state index is -0.708. The van der Waals surface area contributed by atoms with Crippen molar-refractivity contribution in [3.8, 4) is 5.75 Å². The first-order chi connectivity index (χ1) is 15.3. The van der Waals surface area contributed by atoms with Crippen molar-refractivity contribution in [3.05, 3.63) is 94.0 Å². The van der Waals surface area contributed by atoms with E-state index in [9.17, 15) is 14.7 Å². The van der Waals surface area contributed by atoms with Gasteiger partial charge >= 0.3 is 5.97 Å². The maximum Gasteiger partial charge on any atom is 0.338 e. The van der Waals surface area contributed by atoms with E-state index >= 15 is 0 Å². The van der Waals surface area contributed by atoms with Crippen LogP contribution in [0.25, 0.3) is 6.08 Å². The van der Waals surface area contributed by atoms with E-state index in [0.29, 0.717) is 36.8 Å². The number of rotatable bonds is 4. The number of hydrogen-bond donors (Lipinski definition) is 1. The summed E-state index contributed by atoms with van der Waals surface area (Å²) in [5.74, 6) is -0.468. The number of halogens is 2. The molecule has 9 heteroatoms. The molecule has 32 heavy (non-hydrogen) atoms. The van der Waals surface area contributed by atoms with Crippen molar-refractivity contribution in [2.45, 2.75) is 19.9 Å². The summed E-state index contributed by atoms with van der Waals surface area (Å²) in [6.45, 7) is 3.66. The van der Waals surface area contributed by atoms with Crippen LogP contribution in [0.1, 0.15) is 31.0 Å². The summed E-state index contributed by atoms with van der Waals surface area (Å²) in [6, 6.07) is 11.3. The number of carbonyl (C=O) groups excluding carboxylic acids is 1. The maximum atomic E-state index is 13.5. The van der Waals surface area contributed by atoms with Crippen LogP contribution in [0.4, 0.5) is 0 Å². The molecule has 1 aliphatic heterocycles. The number of phenolic OH excluding ortho intramolecular Hbond substituents is 1. The number of ether oxygens (including phenoxy) is 1. The van der Waals surface area contributed by atoms with Crippen molar-refractivity contribution in [1.82, 2.24) is 4.57 Å². The lowest BCUT2D eigenvalue weighted by Gasteiger charge is -2.24. The predicted octanol–water partition coefficient (Wildman–Crippen LogP) is 3.92. The Bertz CT molecular complexity index is 1420. The molecule has 0 fully saturated rings. The van der Waals surface area contributed by atoms with Crippen LogP contribution in [0.3, 0.4) is 0 Å². The van der Waals surface area contributed by atoms with E-state index in [1.54, 1.807) is 62.4 Å². The zero-order chi connectivity index (χ0) is 23.0. The Balaban J connectivity index is 1.97. The fourth-order valence-electron chi connectivity index (χ4n) is 3.53. The minimum Gasteiger partial charge on any atom is -0.507 e. The highest BCUT2D eigenvalue weighted by atomic mass is 79.9. The van der Waals surface area contributed by atoms with Crippen LogP contribution in [-0.4, -0.2) is 22.2 Å². The van der Waals surface area contributed by atoms with E-state index < -0.39 is 12.0 Å². The number of phenols is 1. The van der Waals surface area contributed by atoms with Gasteiger partial charge in [-0.05, 0) is 55.8 Å². The summed E-state index contributed by atoms with van der Waals surface area (Å²) in [5.41, 5.74) is 1.68. The average Bonchev–Trinajstić information content (AvgIpc) is 3.05. The fourth-order valence-corrected chi connectivity index (χ4v) is 5.08. The molecule has 0 saturated carbocycles. The highest BCUT2D eigenvalue weighted by molar-refractivity contribution is 9.10. The molecular formula is C23H18BrClN2O4S. The van der Waals surface area contributed by atoms with Gasteiger partial charge in [0.25, 0.3) is 5.56 Å². The van der Waals surface area contributed by atoms with Gasteiger partial charge in [-0.25, -0.2) is 9.79 Å². The second kappa shape index (κ2) is 9.05. The minimum absolute atomic E-state index is 0.0525. The number of nitrogens with zero attached hydrogens (tertiary/aromatic N) is 2. The molecule has 0 saturated heterocycles. The molecule has 2 heterocycles. The second-order valence-electron chi connectivity index (χ2n) is 7.06. The van der Waals surface area contributed by atoms with Crippen molar-refractivity contribution in [2.24, 2.45) is 4.99 Å².